The summed E-state index contributed by atoms with van der Waals surface area (Å²) >= 11 is 3.21. The maximum absolute atomic E-state index is 12.9. The molecule has 0 atom stereocenters. The first-order chi connectivity index (χ1) is 17.9. The molecule has 0 saturated heterocycles. The van der Waals surface area contributed by atoms with Gasteiger partial charge in [0.25, 0.3) is 5.91 Å². The van der Waals surface area contributed by atoms with Crippen LogP contribution in [0.4, 0.5) is 24.5 Å². The molecule has 194 valence electrons. The lowest BCUT2D eigenvalue weighted by molar-refractivity contribution is -0.385. The highest BCUT2D eigenvalue weighted by atomic mass is 79.9. The van der Waals surface area contributed by atoms with Crippen LogP contribution in [0.5, 0.6) is 11.5 Å². The normalized spacial score (nSPS) is 11.3. The van der Waals surface area contributed by atoms with Gasteiger partial charge in [0.15, 0.2) is 0 Å². The zero-order chi connectivity index (χ0) is 28.0. The molecule has 1 N–H and O–H groups in total. The summed E-state index contributed by atoms with van der Waals surface area (Å²) in [5, 5.41) is 23.3. The average molecular weight is 590 g/mol. The van der Waals surface area contributed by atoms with Crippen molar-refractivity contribution in [3.05, 3.63) is 97.5 Å². The largest absolute Gasteiger partial charge is 0.465 e. The molecule has 0 unspecified atom stereocenters. The van der Waals surface area contributed by atoms with Crippen LogP contribution in [0.3, 0.4) is 0 Å². The number of ether oxygens (including phenoxy) is 2. The van der Waals surface area contributed by atoms with Gasteiger partial charge in [0.1, 0.15) is 17.4 Å². The second-order valence-electron chi connectivity index (χ2n) is 7.42. The Hall–Kier alpha value is -4.70. The second-order valence-corrected chi connectivity index (χ2v) is 8.28. The molecular formula is C25H15BrF3N3O6. The number of hydrogen-bond acceptors (Lipinski definition) is 7. The number of nitro benzene ring substituents is 1. The third-order valence-corrected chi connectivity index (χ3v) is 5.52. The number of rotatable bonds is 7. The lowest BCUT2D eigenvalue weighted by atomic mass is 10.1. The highest BCUT2D eigenvalue weighted by Crippen LogP contribution is 2.39. The van der Waals surface area contributed by atoms with Gasteiger partial charge in [-0.05, 0) is 76.1 Å². The summed E-state index contributed by atoms with van der Waals surface area (Å²) in [5.74, 6) is -1.65. The van der Waals surface area contributed by atoms with Crippen LogP contribution < -0.4 is 10.1 Å². The van der Waals surface area contributed by atoms with E-state index in [1.165, 1.54) is 55.7 Å². The zero-order valence-corrected chi connectivity index (χ0v) is 20.8. The summed E-state index contributed by atoms with van der Waals surface area (Å²) in [6.07, 6.45) is -3.50. The predicted octanol–water partition coefficient (Wildman–Crippen LogP) is 6.50. The fourth-order valence-corrected chi connectivity index (χ4v) is 3.53. The lowest BCUT2D eigenvalue weighted by Gasteiger charge is -2.11. The van der Waals surface area contributed by atoms with E-state index >= 15 is 0 Å². The van der Waals surface area contributed by atoms with Crippen LogP contribution in [0.2, 0.25) is 0 Å². The Morgan fingerprint density at radius 1 is 1.08 bits per heavy atom. The fourth-order valence-electron chi connectivity index (χ4n) is 3.05. The van der Waals surface area contributed by atoms with E-state index in [0.717, 1.165) is 6.07 Å². The minimum Gasteiger partial charge on any atom is -0.465 e. The molecule has 0 radical (unpaired) electrons. The standard InChI is InChI=1S/C25H15BrF3N3O6/c1-37-24(34)15-3-6-18(7-4-15)31-23(33)16(13-30)10-14-2-8-21(19(26)11-14)38-22-9-5-17(25(27,28)29)12-20(22)32(35)36/h2-12H,1H3,(H,31,33)/b16-10+. The first kappa shape index (κ1) is 27.9. The number of benzene rings is 3. The maximum atomic E-state index is 12.9. The van der Waals surface area contributed by atoms with E-state index in [0.29, 0.717) is 23.4 Å². The Morgan fingerprint density at radius 3 is 2.29 bits per heavy atom. The number of halogens is 4. The molecule has 13 heteroatoms. The number of methoxy groups -OCH3 is 1. The number of nitro groups is 1. The predicted molar refractivity (Wildman–Crippen MR) is 132 cm³/mol. The van der Waals surface area contributed by atoms with Gasteiger partial charge in [-0.25, -0.2) is 4.79 Å². The van der Waals surface area contributed by atoms with Gasteiger partial charge in [-0.1, -0.05) is 6.07 Å². The average Bonchev–Trinajstić information content (AvgIpc) is 2.88. The van der Waals surface area contributed by atoms with Crippen LogP contribution in [0, 0.1) is 21.4 Å². The van der Waals surface area contributed by atoms with Crippen molar-refractivity contribution in [2.24, 2.45) is 0 Å². The van der Waals surface area contributed by atoms with Crippen molar-refractivity contribution < 1.29 is 37.2 Å². The molecule has 0 aliphatic heterocycles. The van der Waals surface area contributed by atoms with Crippen molar-refractivity contribution >= 4 is 45.3 Å². The van der Waals surface area contributed by atoms with Gasteiger partial charge in [0, 0.05) is 11.8 Å². The number of nitriles is 1. The Morgan fingerprint density at radius 2 is 1.74 bits per heavy atom. The van der Waals surface area contributed by atoms with Gasteiger partial charge in [0.05, 0.1) is 27.6 Å². The quantitative estimate of drug-likeness (QED) is 0.109. The van der Waals surface area contributed by atoms with Gasteiger partial charge >= 0.3 is 17.8 Å². The number of carbonyl (C=O) groups is 2. The lowest BCUT2D eigenvalue weighted by Crippen LogP contribution is -2.13. The molecule has 0 saturated carbocycles. The van der Waals surface area contributed by atoms with Crippen molar-refractivity contribution in [2.45, 2.75) is 6.18 Å². The monoisotopic (exact) mass is 589 g/mol. The Kier molecular flexibility index (Phi) is 8.49. The third-order valence-electron chi connectivity index (χ3n) is 4.90. The van der Waals surface area contributed by atoms with Crippen LogP contribution in [-0.4, -0.2) is 23.9 Å². The summed E-state index contributed by atoms with van der Waals surface area (Å²) in [6, 6.07) is 13.7. The molecule has 0 aliphatic rings. The molecule has 0 aromatic heterocycles. The molecule has 3 rings (SSSR count). The molecule has 3 aromatic rings. The first-order valence-corrected chi connectivity index (χ1v) is 11.2. The van der Waals surface area contributed by atoms with Gasteiger partial charge < -0.3 is 14.8 Å². The highest BCUT2D eigenvalue weighted by molar-refractivity contribution is 9.10. The molecule has 1 amide bonds. The summed E-state index contributed by atoms with van der Waals surface area (Å²) in [5.41, 5.74) is -1.36. The number of hydrogen-bond donors (Lipinski definition) is 1. The van der Waals surface area contributed by atoms with E-state index in [-0.39, 0.29) is 21.4 Å². The van der Waals surface area contributed by atoms with E-state index in [4.69, 9.17) is 4.74 Å². The van der Waals surface area contributed by atoms with Crippen molar-refractivity contribution in [3.63, 3.8) is 0 Å². The number of nitrogens with one attached hydrogen (secondary N) is 1. The number of alkyl halides is 3. The number of amides is 1. The number of carbonyl (C=O) groups excluding carboxylic acids is 2. The van der Waals surface area contributed by atoms with E-state index < -0.39 is 40.0 Å². The second kappa shape index (κ2) is 11.6. The zero-order valence-electron chi connectivity index (χ0n) is 19.2. The van der Waals surface area contributed by atoms with Crippen molar-refractivity contribution in [3.8, 4) is 17.6 Å². The minimum atomic E-state index is -4.77. The summed E-state index contributed by atoms with van der Waals surface area (Å²) in [6.45, 7) is 0. The maximum Gasteiger partial charge on any atom is 0.416 e. The number of anilines is 1. The number of esters is 1. The van der Waals surface area contributed by atoms with Crippen molar-refractivity contribution in [2.75, 3.05) is 12.4 Å². The van der Waals surface area contributed by atoms with Gasteiger partial charge in [-0.3, -0.25) is 14.9 Å². The van der Waals surface area contributed by atoms with Crippen LogP contribution >= 0.6 is 15.9 Å². The van der Waals surface area contributed by atoms with Crippen molar-refractivity contribution in [1.82, 2.24) is 0 Å². The fraction of sp³-hybridized carbons (Fsp3) is 0.0800. The minimum absolute atomic E-state index is 0.0404. The molecule has 0 fully saturated rings. The van der Waals surface area contributed by atoms with Gasteiger partial charge in [-0.15, -0.1) is 0 Å². The molecule has 3 aromatic carbocycles. The van der Waals surface area contributed by atoms with E-state index in [1.54, 1.807) is 6.07 Å². The van der Waals surface area contributed by atoms with Crippen LogP contribution in [0.1, 0.15) is 21.5 Å². The van der Waals surface area contributed by atoms with E-state index in [1.807, 2.05) is 0 Å². The third kappa shape index (κ3) is 6.74. The Labute approximate surface area is 221 Å². The molecule has 0 aliphatic carbocycles. The molecule has 0 bridgehead atoms. The summed E-state index contributed by atoms with van der Waals surface area (Å²) in [4.78, 5) is 34.4. The van der Waals surface area contributed by atoms with Gasteiger partial charge in [-0.2, -0.15) is 18.4 Å². The van der Waals surface area contributed by atoms with Crippen molar-refractivity contribution in [1.29, 1.82) is 5.26 Å². The highest BCUT2D eigenvalue weighted by Gasteiger charge is 2.33. The summed E-state index contributed by atoms with van der Waals surface area (Å²) < 4.78 is 49.1. The molecule has 38 heavy (non-hydrogen) atoms. The number of nitrogens with zero attached hydrogens (tertiary/aromatic N) is 2. The van der Waals surface area contributed by atoms with Gasteiger partial charge in [0.2, 0.25) is 5.75 Å². The van der Waals surface area contributed by atoms with Crippen LogP contribution in [0.25, 0.3) is 6.08 Å². The SMILES string of the molecule is COC(=O)c1ccc(NC(=O)/C(C#N)=C/c2ccc(Oc3ccc(C(F)(F)F)cc3[N+](=O)[O-])c(Br)c2)cc1. The van der Waals surface area contributed by atoms with Crippen LogP contribution in [0.15, 0.2) is 70.7 Å². The summed E-state index contributed by atoms with van der Waals surface area (Å²) in [7, 11) is 1.23. The molecule has 0 heterocycles. The van der Waals surface area contributed by atoms with E-state index in [9.17, 15) is 38.1 Å². The molecule has 9 nitrogen and oxygen atoms in total. The first-order valence-electron chi connectivity index (χ1n) is 10.4. The molecule has 0 spiro atoms. The van der Waals surface area contributed by atoms with Crippen LogP contribution in [-0.2, 0) is 15.7 Å². The Bertz CT molecular complexity index is 1480. The molecular weight excluding hydrogens is 575 g/mol. The Balaban J connectivity index is 1.80. The topological polar surface area (TPSA) is 132 Å². The van der Waals surface area contributed by atoms with E-state index in [2.05, 4.69) is 26.0 Å². The smallest absolute Gasteiger partial charge is 0.416 e.